The van der Waals surface area contributed by atoms with E-state index < -0.39 is 41.0 Å². The Kier molecular flexibility index (Phi) is 9.94. The van der Waals surface area contributed by atoms with Crippen molar-refractivity contribution in [2.75, 3.05) is 59.1 Å². The van der Waals surface area contributed by atoms with Crippen molar-refractivity contribution in [3.05, 3.63) is 82.9 Å². The van der Waals surface area contributed by atoms with E-state index in [0.29, 0.717) is 55.5 Å². The van der Waals surface area contributed by atoms with Crippen molar-refractivity contribution in [3.8, 4) is 0 Å². The fourth-order valence-corrected chi connectivity index (χ4v) is 5.52. The molecule has 3 aromatic rings. The van der Waals surface area contributed by atoms with Gasteiger partial charge in [0, 0.05) is 62.8 Å². The van der Waals surface area contributed by atoms with Crippen molar-refractivity contribution in [2.24, 2.45) is 0 Å². The monoisotopic (exact) mass is 640 g/mol. The molecule has 1 amide bonds. The number of hydrogen-bond donors (Lipinski definition) is 1. The molecule has 1 unspecified atom stereocenters. The van der Waals surface area contributed by atoms with Crippen LogP contribution in [-0.2, 0) is 28.3 Å². The predicted octanol–water partition coefficient (Wildman–Crippen LogP) is 5.55. The minimum absolute atomic E-state index is 0.0181. The third kappa shape index (κ3) is 8.50. The molecular formula is C31H34F6N4O4. The number of nitrogens with zero attached hydrogens (tertiary/aromatic N) is 3. The van der Waals surface area contributed by atoms with Gasteiger partial charge in [0.05, 0.1) is 42.7 Å². The van der Waals surface area contributed by atoms with Gasteiger partial charge in [-0.1, -0.05) is 18.2 Å². The quantitative estimate of drug-likeness (QED) is 0.187. The molecule has 8 nitrogen and oxygen atoms in total. The zero-order valence-corrected chi connectivity index (χ0v) is 24.6. The van der Waals surface area contributed by atoms with E-state index in [1.165, 1.54) is 4.90 Å². The number of amides is 1. The molecular weight excluding hydrogens is 606 g/mol. The second-order valence-electron chi connectivity index (χ2n) is 11.1. The van der Waals surface area contributed by atoms with Crippen molar-refractivity contribution >= 4 is 16.9 Å². The van der Waals surface area contributed by atoms with E-state index in [1.807, 2.05) is 42.3 Å². The standard InChI is InChI=1S/C31H34F6N4O4/c1-21(38-44-13-10-39-8-11-43-12-9-39)19-40-6-7-41(26(20-40)18-27-16-22-4-2-3-5-28(22)45-27)29(42)23-14-24(30(32,33)34)17-25(15-23)31(35,36)37/h2-5,14-17,19,26,38H,6-13,18,20H2,1H3. The fraction of sp³-hybridized carbons (Fsp3) is 0.452. The highest BCUT2D eigenvalue weighted by atomic mass is 19.4. The number of hydrogen-bond acceptors (Lipinski definition) is 7. The summed E-state index contributed by atoms with van der Waals surface area (Å²) in [6.07, 6.45) is -8.13. The molecule has 0 aliphatic carbocycles. The number of furan rings is 1. The van der Waals surface area contributed by atoms with Crippen LogP contribution in [0.4, 0.5) is 26.3 Å². The Bertz CT molecular complexity index is 1430. The van der Waals surface area contributed by atoms with Gasteiger partial charge in [0.1, 0.15) is 11.3 Å². The lowest BCUT2D eigenvalue weighted by Crippen LogP contribution is -2.54. The Balaban J connectivity index is 1.34. The fourth-order valence-electron chi connectivity index (χ4n) is 5.52. The number of carbonyl (C=O) groups excluding carboxylic acids is 1. The highest BCUT2D eigenvalue weighted by molar-refractivity contribution is 5.95. The molecule has 1 N–H and O–H groups in total. The third-order valence-corrected chi connectivity index (χ3v) is 7.75. The lowest BCUT2D eigenvalue weighted by Gasteiger charge is -2.41. The van der Waals surface area contributed by atoms with Crippen molar-refractivity contribution in [3.63, 3.8) is 0 Å². The first-order valence-electron chi connectivity index (χ1n) is 14.5. The van der Waals surface area contributed by atoms with Crippen LogP contribution in [0.1, 0.15) is 34.2 Å². The van der Waals surface area contributed by atoms with Crippen LogP contribution in [-0.4, -0.2) is 85.7 Å². The molecule has 1 aromatic heterocycles. The molecule has 0 spiro atoms. The minimum Gasteiger partial charge on any atom is -0.461 e. The summed E-state index contributed by atoms with van der Waals surface area (Å²) in [6.45, 7) is 6.64. The summed E-state index contributed by atoms with van der Waals surface area (Å²) in [5, 5.41) is 0.833. The molecule has 0 radical (unpaired) electrons. The van der Waals surface area contributed by atoms with E-state index in [1.54, 1.807) is 6.07 Å². The molecule has 2 fully saturated rings. The molecule has 0 bridgehead atoms. The first-order chi connectivity index (χ1) is 21.4. The first kappa shape index (κ1) is 32.6. The molecule has 244 valence electrons. The zero-order chi connectivity index (χ0) is 32.2. The molecule has 5 rings (SSSR count). The van der Waals surface area contributed by atoms with E-state index in [4.69, 9.17) is 14.0 Å². The van der Waals surface area contributed by atoms with Gasteiger partial charge in [-0.2, -0.15) is 26.3 Å². The number of morpholine rings is 1. The normalized spacial score (nSPS) is 18.9. The maximum atomic E-state index is 13.6. The average molecular weight is 641 g/mol. The topological polar surface area (TPSA) is 70.4 Å². The number of alkyl halides is 6. The summed E-state index contributed by atoms with van der Waals surface area (Å²) in [5.41, 5.74) is 0.464. The largest absolute Gasteiger partial charge is 0.461 e. The van der Waals surface area contributed by atoms with Gasteiger partial charge in [0.15, 0.2) is 0 Å². The van der Waals surface area contributed by atoms with Crippen molar-refractivity contribution in [2.45, 2.75) is 31.7 Å². The third-order valence-electron chi connectivity index (χ3n) is 7.75. The minimum atomic E-state index is -5.07. The van der Waals surface area contributed by atoms with E-state index in [9.17, 15) is 31.1 Å². The number of fused-ring (bicyclic) bond motifs is 1. The SMILES string of the molecule is CC(=CN1CCN(C(=O)c2cc(C(F)(F)F)cc(C(F)(F)F)c2)C(Cc2cc3ccccc3o2)C1)NOCCN1CCOCC1. The van der Waals surface area contributed by atoms with E-state index >= 15 is 0 Å². The van der Waals surface area contributed by atoms with Crippen molar-refractivity contribution in [1.82, 2.24) is 20.2 Å². The Morgan fingerprint density at radius 1 is 0.978 bits per heavy atom. The summed E-state index contributed by atoms with van der Waals surface area (Å²) in [4.78, 5) is 24.7. The summed E-state index contributed by atoms with van der Waals surface area (Å²) < 4.78 is 92.6. The molecule has 2 aliphatic rings. The average Bonchev–Trinajstić information content (AvgIpc) is 3.41. The molecule has 2 saturated heterocycles. The number of rotatable bonds is 9. The first-order valence-corrected chi connectivity index (χ1v) is 14.5. The Labute approximate surface area is 256 Å². The van der Waals surface area contributed by atoms with Gasteiger partial charge in [-0.25, -0.2) is 0 Å². The maximum Gasteiger partial charge on any atom is 0.416 e. The van der Waals surface area contributed by atoms with Gasteiger partial charge in [-0.15, -0.1) is 0 Å². The number of allylic oxidation sites excluding steroid dienone is 1. The zero-order valence-electron chi connectivity index (χ0n) is 24.6. The van der Waals surface area contributed by atoms with Gasteiger partial charge in [0.2, 0.25) is 0 Å². The number of carbonyl (C=O) groups is 1. The maximum absolute atomic E-state index is 13.6. The van der Waals surface area contributed by atoms with Crippen LogP contribution in [0.2, 0.25) is 0 Å². The number of benzene rings is 2. The Hall–Kier alpha value is -3.75. The van der Waals surface area contributed by atoms with E-state index in [0.717, 1.165) is 25.0 Å². The summed E-state index contributed by atoms with van der Waals surface area (Å²) in [5.74, 6) is -0.385. The number of para-hydroxylation sites is 1. The van der Waals surface area contributed by atoms with Crippen molar-refractivity contribution < 1.29 is 45.1 Å². The highest BCUT2D eigenvalue weighted by Crippen LogP contribution is 2.37. The molecule has 3 heterocycles. The molecule has 45 heavy (non-hydrogen) atoms. The number of nitrogens with one attached hydrogen (secondary N) is 1. The molecule has 2 aromatic carbocycles. The Morgan fingerprint density at radius 3 is 2.33 bits per heavy atom. The van der Waals surface area contributed by atoms with Gasteiger partial charge in [-0.05, 0) is 37.3 Å². The highest BCUT2D eigenvalue weighted by Gasteiger charge is 2.39. The number of piperazine rings is 1. The summed E-state index contributed by atoms with van der Waals surface area (Å²) >= 11 is 0. The Morgan fingerprint density at radius 2 is 1.67 bits per heavy atom. The van der Waals surface area contributed by atoms with E-state index in [-0.39, 0.29) is 25.6 Å². The van der Waals surface area contributed by atoms with Gasteiger partial charge >= 0.3 is 12.4 Å². The summed E-state index contributed by atoms with van der Waals surface area (Å²) in [6, 6.07) is 9.46. The predicted molar refractivity (Wildman–Crippen MR) is 153 cm³/mol. The van der Waals surface area contributed by atoms with Crippen LogP contribution < -0.4 is 5.48 Å². The van der Waals surface area contributed by atoms with E-state index in [2.05, 4.69) is 10.4 Å². The number of halogens is 6. The molecule has 14 heteroatoms. The summed E-state index contributed by atoms with van der Waals surface area (Å²) in [7, 11) is 0. The number of ether oxygens (including phenoxy) is 1. The van der Waals surface area contributed by atoms with Gasteiger partial charge in [0.25, 0.3) is 5.91 Å². The second kappa shape index (κ2) is 13.7. The smallest absolute Gasteiger partial charge is 0.416 e. The van der Waals surface area contributed by atoms with Crippen molar-refractivity contribution in [1.29, 1.82) is 0 Å². The van der Waals surface area contributed by atoms with Crippen LogP contribution in [0.5, 0.6) is 0 Å². The van der Waals surface area contributed by atoms with Crippen LogP contribution in [0.25, 0.3) is 11.0 Å². The molecule has 2 aliphatic heterocycles. The van der Waals surface area contributed by atoms with Crippen LogP contribution >= 0.6 is 0 Å². The lowest BCUT2D eigenvalue weighted by atomic mass is 10.0. The van der Waals surface area contributed by atoms with Crippen LogP contribution in [0.3, 0.4) is 0 Å². The van der Waals surface area contributed by atoms with Crippen LogP contribution in [0.15, 0.2) is 64.8 Å². The second-order valence-corrected chi connectivity index (χ2v) is 11.1. The van der Waals surface area contributed by atoms with Gasteiger partial charge in [-0.3, -0.25) is 20.0 Å². The van der Waals surface area contributed by atoms with Gasteiger partial charge < -0.3 is 19.0 Å². The van der Waals surface area contributed by atoms with Crippen LogP contribution in [0, 0.1) is 0 Å². The lowest BCUT2D eigenvalue weighted by molar-refractivity contribution is -0.143. The molecule has 1 atom stereocenters. The number of hydroxylamine groups is 1. The molecule has 0 saturated carbocycles.